The smallest absolute Gasteiger partial charge is 0.329 e. The van der Waals surface area contributed by atoms with E-state index in [9.17, 15) is 77.3 Å². The van der Waals surface area contributed by atoms with Gasteiger partial charge < -0.3 is 5.32 Å². The van der Waals surface area contributed by atoms with Gasteiger partial charge in [0.25, 0.3) is 16.9 Å². The predicted molar refractivity (Wildman–Crippen MR) is 92.4 cm³/mol. The molecule has 1 aliphatic rings. The minimum absolute atomic E-state index is 0.175. The molecule has 0 aromatic heterocycles. The molecule has 36 heavy (non-hydrogen) atoms. The Morgan fingerprint density at radius 1 is 0.889 bits per heavy atom. The van der Waals surface area contributed by atoms with Crippen molar-refractivity contribution >= 4 is 34.0 Å². The number of alkyl halides is 12. The quantitative estimate of drug-likeness (QED) is 0.248. The highest BCUT2D eigenvalue weighted by molar-refractivity contribution is 8.17. The van der Waals surface area contributed by atoms with Gasteiger partial charge in [-0.15, -0.1) is 0 Å². The lowest BCUT2D eigenvalue weighted by molar-refractivity contribution is -0.394. The number of anilines is 1. The van der Waals surface area contributed by atoms with E-state index < -0.39 is 96.4 Å². The van der Waals surface area contributed by atoms with Crippen molar-refractivity contribution in [2.45, 2.75) is 30.2 Å². The summed E-state index contributed by atoms with van der Waals surface area (Å²) < 4.78 is 173. The molecule has 0 atom stereocenters. The first-order chi connectivity index (χ1) is 15.9. The van der Waals surface area contributed by atoms with Crippen LogP contribution in [0.5, 0.6) is 0 Å². The van der Waals surface area contributed by atoms with E-state index in [-0.39, 0.29) is 6.07 Å². The van der Waals surface area contributed by atoms with E-state index >= 15 is 0 Å². The van der Waals surface area contributed by atoms with E-state index in [0.29, 0.717) is 0 Å². The number of nitrogens with one attached hydrogen (secondary N) is 1. The number of hydrogen-bond acceptors (Lipinski definition) is 7. The number of halogens is 13. The summed E-state index contributed by atoms with van der Waals surface area (Å²) in [7, 11) is 0. The maximum Gasteiger partial charge on any atom is 0.443 e. The minimum atomic E-state index is -6.85. The summed E-state index contributed by atoms with van der Waals surface area (Å²) in [5.74, 6) is -3.95. The van der Waals surface area contributed by atoms with E-state index in [1.165, 1.54) is 0 Å². The van der Waals surface area contributed by atoms with E-state index in [1.807, 2.05) is 4.99 Å². The zero-order valence-electron chi connectivity index (χ0n) is 16.0. The van der Waals surface area contributed by atoms with Gasteiger partial charge in [-0.3, -0.25) is 20.2 Å². The average Bonchev–Trinajstić information content (AvgIpc) is 3.05. The van der Waals surface area contributed by atoms with Crippen molar-refractivity contribution in [2.75, 3.05) is 5.32 Å². The number of hydrogen-bond donors (Lipinski definition) is 1. The first kappa shape index (κ1) is 28.9. The Morgan fingerprint density at radius 3 is 1.75 bits per heavy atom. The molecule has 1 aliphatic heterocycles. The van der Waals surface area contributed by atoms with E-state index in [0.717, 1.165) is 5.32 Å². The van der Waals surface area contributed by atoms with Crippen LogP contribution in [0.4, 0.5) is 74.1 Å². The Kier molecular flexibility index (Phi) is 6.95. The van der Waals surface area contributed by atoms with Crippen molar-refractivity contribution in [2.24, 2.45) is 4.99 Å². The molecule has 200 valence electrons. The second kappa shape index (κ2) is 8.65. The number of nitrogens with zero attached hydrogens (tertiary/aromatic N) is 3. The number of nitro benzene ring substituents is 2. The van der Waals surface area contributed by atoms with Crippen molar-refractivity contribution in [1.29, 1.82) is 0 Å². The Labute approximate surface area is 191 Å². The molecule has 0 spiro atoms. The number of thioether (sulfide) groups is 1. The highest BCUT2D eigenvalue weighted by atomic mass is 32.2. The van der Waals surface area contributed by atoms with Crippen LogP contribution in [0, 0.1) is 20.2 Å². The van der Waals surface area contributed by atoms with Crippen LogP contribution >= 0.6 is 11.8 Å². The molecule has 0 aliphatic carbocycles. The highest BCUT2D eigenvalue weighted by Crippen LogP contribution is 2.60. The third kappa shape index (κ3) is 4.97. The monoisotopic (exact) mass is 570 g/mol. The third-order valence-electron chi connectivity index (χ3n) is 4.11. The number of rotatable bonds is 3. The first-order valence-electron chi connectivity index (χ1n) is 8.14. The van der Waals surface area contributed by atoms with Crippen LogP contribution in [-0.2, 0) is 6.18 Å². The maximum absolute atomic E-state index is 13.8. The summed E-state index contributed by atoms with van der Waals surface area (Å²) in [5.41, 5.74) is -13.9. The number of benzene rings is 1. The van der Waals surface area contributed by atoms with Crippen LogP contribution < -0.4 is 5.32 Å². The number of allylic oxidation sites excluding steroid dienone is 1. The lowest BCUT2D eigenvalue weighted by atomic mass is 9.97. The van der Waals surface area contributed by atoms with Gasteiger partial charge in [-0.25, -0.2) is 9.38 Å². The molecule has 0 amide bonds. The molecule has 0 saturated heterocycles. The van der Waals surface area contributed by atoms with Gasteiger partial charge in [0.2, 0.25) is 5.83 Å². The van der Waals surface area contributed by atoms with Gasteiger partial charge in [-0.05, 0) is 0 Å². The molecule has 22 heteroatoms. The van der Waals surface area contributed by atoms with Gasteiger partial charge >= 0.3 is 24.7 Å². The normalized spacial score (nSPS) is 18.1. The second-order valence-electron chi connectivity index (χ2n) is 6.39. The average molecular weight is 570 g/mol. The predicted octanol–water partition coefficient (Wildman–Crippen LogP) is 6.64. The van der Waals surface area contributed by atoms with Crippen molar-refractivity contribution in [3.8, 4) is 0 Å². The standard InChI is InChI=1S/C14H3F13N4O4S/c15-7(12(19,20)21)8-10(13(22,23)24,14(25,26)27)29-9(36-8)28-6-4(11(16,17)18)1-3(30(32)33)2-5(6)31(34)35/h1-2H,(H,28,29). The van der Waals surface area contributed by atoms with Crippen LogP contribution in [-0.4, -0.2) is 39.1 Å². The van der Waals surface area contributed by atoms with Gasteiger partial charge in [-0.1, -0.05) is 11.8 Å². The van der Waals surface area contributed by atoms with Gasteiger partial charge in [0.1, 0.15) is 5.69 Å². The molecule has 1 aromatic carbocycles. The fraction of sp³-hybridized carbons (Fsp3) is 0.357. The van der Waals surface area contributed by atoms with Crippen LogP contribution in [0.15, 0.2) is 27.9 Å². The Bertz CT molecular complexity index is 1150. The van der Waals surface area contributed by atoms with Crippen LogP contribution in [0.1, 0.15) is 5.56 Å². The molecule has 0 radical (unpaired) electrons. The molecule has 1 N–H and O–H groups in total. The van der Waals surface area contributed by atoms with Crippen LogP contribution in [0.2, 0.25) is 0 Å². The zero-order chi connectivity index (χ0) is 28.2. The Hall–Kier alpha value is -3.33. The largest absolute Gasteiger partial charge is 0.443 e. The molecule has 0 bridgehead atoms. The van der Waals surface area contributed by atoms with Crippen molar-refractivity contribution in [3.05, 3.63) is 48.7 Å². The highest BCUT2D eigenvalue weighted by Gasteiger charge is 2.77. The number of amidine groups is 1. The molecular weight excluding hydrogens is 567 g/mol. The molecule has 0 saturated carbocycles. The van der Waals surface area contributed by atoms with E-state index in [4.69, 9.17) is 0 Å². The van der Waals surface area contributed by atoms with Crippen molar-refractivity contribution in [3.63, 3.8) is 0 Å². The van der Waals surface area contributed by atoms with E-state index in [1.54, 1.807) is 0 Å². The molecule has 0 fully saturated rings. The van der Waals surface area contributed by atoms with Crippen LogP contribution in [0.25, 0.3) is 0 Å². The van der Waals surface area contributed by atoms with Crippen molar-refractivity contribution in [1.82, 2.24) is 0 Å². The summed E-state index contributed by atoms with van der Waals surface area (Å²) in [6.45, 7) is 0. The summed E-state index contributed by atoms with van der Waals surface area (Å²) in [6, 6.07) is -0.575. The first-order valence-corrected chi connectivity index (χ1v) is 8.96. The molecule has 1 heterocycles. The lowest BCUT2D eigenvalue weighted by Crippen LogP contribution is -2.55. The maximum atomic E-state index is 13.8. The molecular formula is C14H3F13N4O4S. The number of nitro groups is 2. The van der Waals surface area contributed by atoms with E-state index in [2.05, 4.69) is 0 Å². The Balaban J connectivity index is 2.92. The summed E-state index contributed by atoms with van der Waals surface area (Å²) in [6.07, 6.45) is -25.9. The summed E-state index contributed by atoms with van der Waals surface area (Å²) in [4.78, 5) is 17.4. The SMILES string of the molecule is O=[N+]([O-])c1cc([N+](=O)[O-])c(NC2=NC(C(F)(F)F)(C(F)(F)F)C(=C(F)C(F)(F)F)S2)c(C(F)(F)F)c1. The van der Waals surface area contributed by atoms with Gasteiger partial charge in [0.15, 0.2) is 5.17 Å². The number of non-ortho nitro benzene ring substituents is 1. The third-order valence-corrected chi connectivity index (χ3v) is 5.18. The lowest BCUT2D eigenvalue weighted by Gasteiger charge is -2.31. The number of aliphatic imine (C=N–C) groups is 1. The fourth-order valence-electron chi connectivity index (χ4n) is 2.65. The molecule has 0 unspecified atom stereocenters. The zero-order valence-corrected chi connectivity index (χ0v) is 16.8. The summed E-state index contributed by atoms with van der Waals surface area (Å²) >= 11 is -1.39. The van der Waals surface area contributed by atoms with Gasteiger partial charge in [-0.2, -0.15) is 52.7 Å². The topological polar surface area (TPSA) is 111 Å². The van der Waals surface area contributed by atoms with Crippen LogP contribution in [0.3, 0.4) is 0 Å². The molecule has 1 aromatic rings. The van der Waals surface area contributed by atoms with Gasteiger partial charge in [0, 0.05) is 6.07 Å². The fourth-order valence-corrected chi connectivity index (χ4v) is 3.81. The van der Waals surface area contributed by atoms with Crippen molar-refractivity contribution < 1.29 is 66.9 Å². The second-order valence-corrected chi connectivity index (χ2v) is 7.39. The minimum Gasteiger partial charge on any atom is -0.329 e. The summed E-state index contributed by atoms with van der Waals surface area (Å²) in [5, 5.41) is 20.8. The molecule has 2 rings (SSSR count). The Morgan fingerprint density at radius 2 is 1.39 bits per heavy atom. The van der Waals surface area contributed by atoms with Gasteiger partial charge in [0.05, 0.1) is 26.4 Å². The molecule has 8 nitrogen and oxygen atoms in total.